The number of rotatable bonds is 5. The second kappa shape index (κ2) is 7.48. The Balaban J connectivity index is 1.68. The van der Waals surface area contributed by atoms with Gasteiger partial charge in [-0.05, 0) is 49.7 Å². The fourth-order valence-corrected chi connectivity index (χ4v) is 3.37. The molecule has 0 spiro atoms. The molecule has 5 nitrogen and oxygen atoms in total. The minimum absolute atomic E-state index is 0.141. The van der Waals surface area contributed by atoms with Crippen LogP contribution in [0.1, 0.15) is 25.2 Å². The monoisotopic (exact) mass is 376 g/mol. The van der Waals surface area contributed by atoms with E-state index in [9.17, 15) is 9.18 Å². The predicted octanol–water partition coefficient (Wildman–Crippen LogP) is 4.02. The van der Waals surface area contributed by atoms with Crippen molar-refractivity contribution in [1.82, 2.24) is 19.9 Å². The van der Waals surface area contributed by atoms with Gasteiger partial charge in [-0.3, -0.25) is 14.7 Å². The molecule has 0 aliphatic carbocycles. The summed E-state index contributed by atoms with van der Waals surface area (Å²) in [6.45, 7) is 5.21. The zero-order valence-electron chi connectivity index (χ0n) is 15.8. The fourth-order valence-electron chi connectivity index (χ4n) is 3.37. The second-order valence-electron chi connectivity index (χ2n) is 7.13. The average molecular weight is 376 g/mol. The molecule has 4 aromatic rings. The van der Waals surface area contributed by atoms with Crippen LogP contribution in [0.2, 0.25) is 0 Å². The van der Waals surface area contributed by atoms with E-state index in [0.29, 0.717) is 40.7 Å². The van der Waals surface area contributed by atoms with E-state index in [4.69, 9.17) is 0 Å². The third-order valence-electron chi connectivity index (χ3n) is 4.92. The Bertz CT molecular complexity index is 1200. The summed E-state index contributed by atoms with van der Waals surface area (Å²) in [7, 11) is 0. The Morgan fingerprint density at radius 2 is 1.82 bits per heavy atom. The van der Waals surface area contributed by atoms with Crippen LogP contribution in [-0.2, 0) is 13.1 Å². The highest BCUT2D eigenvalue weighted by molar-refractivity contribution is 5.82. The summed E-state index contributed by atoms with van der Waals surface area (Å²) in [6, 6.07) is 14.2. The topological polar surface area (TPSA) is 61.9 Å². The molecule has 0 aliphatic heterocycles. The number of nitrogens with zero attached hydrogens (tertiary/aromatic N) is 3. The van der Waals surface area contributed by atoms with E-state index in [-0.39, 0.29) is 17.4 Å². The number of hydrogen-bond acceptors (Lipinski definition) is 4. The molecule has 0 bridgehead atoms. The van der Waals surface area contributed by atoms with Crippen molar-refractivity contribution in [2.75, 3.05) is 0 Å². The van der Waals surface area contributed by atoms with Crippen LogP contribution >= 0.6 is 0 Å². The van der Waals surface area contributed by atoms with E-state index in [1.165, 1.54) is 6.07 Å². The van der Waals surface area contributed by atoms with Gasteiger partial charge in [-0.15, -0.1) is 0 Å². The lowest BCUT2D eigenvalue weighted by Crippen LogP contribution is -2.31. The van der Waals surface area contributed by atoms with Gasteiger partial charge >= 0.3 is 0 Å². The first-order chi connectivity index (χ1) is 13.5. The van der Waals surface area contributed by atoms with E-state index in [1.54, 1.807) is 30.5 Å². The van der Waals surface area contributed by atoms with Crippen LogP contribution in [0.15, 0.2) is 59.5 Å². The third kappa shape index (κ3) is 3.51. The Morgan fingerprint density at radius 1 is 1.04 bits per heavy atom. The Labute approximate surface area is 161 Å². The summed E-state index contributed by atoms with van der Waals surface area (Å²) in [5.74, 6) is 0.334. The molecule has 142 valence electrons. The van der Waals surface area contributed by atoms with Gasteiger partial charge < -0.3 is 4.98 Å². The van der Waals surface area contributed by atoms with Crippen LogP contribution in [-0.4, -0.2) is 25.9 Å². The quantitative estimate of drug-likeness (QED) is 0.571. The van der Waals surface area contributed by atoms with Gasteiger partial charge in [0.1, 0.15) is 11.6 Å². The molecule has 28 heavy (non-hydrogen) atoms. The molecule has 0 unspecified atom stereocenters. The minimum Gasteiger partial charge on any atom is -0.309 e. The summed E-state index contributed by atoms with van der Waals surface area (Å²) in [5.41, 5.74) is 2.14. The Morgan fingerprint density at radius 3 is 2.64 bits per heavy atom. The number of hydrogen-bond donors (Lipinski definition) is 1. The summed E-state index contributed by atoms with van der Waals surface area (Å²) >= 11 is 0. The molecule has 4 rings (SSSR count). The first kappa shape index (κ1) is 18.3. The lowest BCUT2D eigenvalue weighted by atomic mass is 10.1. The highest BCUT2D eigenvalue weighted by Gasteiger charge is 2.16. The van der Waals surface area contributed by atoms with Gasteiger partial charge in [0.25, 0.3) is 5.56 Å². The normalized spacial score (nSPS) is 11.8. The van der Waals surface area contributed by atoms with Crippen LogP contribution < -0.4 is 5.56 Å². The van der Waals surface area contributed by atoms with Gasteiger partial charge in [0.2, 0.25) is 0 Å². The maximum atomic E-state index is 14.1. The molecular formula is C22H21FN4O. The summed E-state index contributed by atoms with van der Waals surface area (Å²) in [6.07, 6.45) is 1.67. The highest BCUT2D eigenvalue weighted by Crippen LogP contribution is 2.22. The van der Waals surface area contributed by atoms with E-state index >= 15 is 0 Å². The molecule has 2 aromatic carbocycles. The lowest BCUT2D eigenvalue weighted by Gasteiger charge is -2.26. The number of aromatic amines is 1. The standard InChI is InChI=1S/C22H21FN4O/c1-14(2)27(12-15-9-10-18(23)16-7-5-11-24-21(15)16)13-20-25-19-8-4-3-6-17(19)22(28)26-20/h3-11,14H,12-13H2,1-2H3,(H,25,26,28). The van der Waals surface area contributed by atoms with Gasteiger partial charge in [-0.1, -0.05) is 18.2 Å². The largest absolute Gasteiger partial charge is 0.309 e. The van der Waals surface area contributed by atoms with Crippen LogP contribution in [0.3, 0.4) is 0 Å². The zero-order chi connectivity index (χ0) is 19.7. The lowest BCUT2D eigenvalue weighted by molar-refractivity contribution is 0.199. The zero-order valence-corrected chi connectivity index (χ0v) is 15.8. The third-order valence-corrected chi connectivity index (χ3v) is 4.92. The smallest absolute Gasteiger partial charge is 0.258 e. The van der Waals surface area contributed by atoms with Crippen LogP contribution in [0.4, 0.5) is 4.39 Å². The van der Waals surface area contributed by atoms with E-state index in [1.807, 2.05) is 18.2 Å². The van der Waals surface area contributed by atoms with Crippen molar-refractivity contribution < 1.29 is 4.39 Å². The number of H-pyrrole nitrogens is 1. The fraction of sp³-hybridized carbons (Fsp3) is 0.227. The van der Waals surface area contributed by atoms with Gasteiger partial charge in [-0.25, -0.2) is 9.37 Å². The summed E-state index contributed by atoms with van der Waals surface area (Å²) in [4.78, 5) is 26.4. The van der Waals surface area contributed by atoms with Crippen molar-refractivity contribution >= 4 is 21.8 Å². The van der Waals surface area contributed by atoms with E-state index < -0.39 is 0 Å². The van der Waals surface area contributed by atoms with E-state index in [2.05, 4.69) is 33.7 Å². The van der Waals surface area contributed by atoms with Crippen molar-refractivity contribution in [2.45, 2.75) is 33.0 Å². The Hall–Kier alpha value is -3.12. The maximum absolute atomic E-state index is 14.1. The van der Waals surface area contributed by atoms with Crippen molar-refractivity contribution in [2.24, 2.45) is 0 Å². The van der Waals surface area contributed by atoms with Gasteiger partial charge in [-0.2, -0.15) is 0 Å². The number of halogens is 1. The number of nitrogens with one attached hydrogen (secondary N) is 1. The SMILES string of the molecule is CC(C)N(Cc1nc2ccccc2c(=O)[nH]1)Cc1ccc(F)c2cccnc12. The molecule has 0 amide bonds. The molecule has 2 heterocycles. The Kier molecular flexibility index (Phi) is 4.88. The maximum Gasteiger partial charge on any atom is 0.258 e. The number of pyridine rings is 1. The second-order valence-corrected chi connectivity index (χ2v) is 7.13. The molecule has 0 radical (unpaired) electrons. The van der Waals surface area contributed by atoms with Crippen molar-refractivity contribution in [3.63, 3.8) is 0 Å². The molecule has 6 heteroatoms. The molecule has 0 atom stereocenters. The first-order valence-corrected chi connectivity index (χ1v) is 9.27. The van der Waals surface area contributed by atoms with Crippen molar-refractivity contribution in [3.8, 4) is 0 Å². The summed E-state index contributed by atoms with van der Waals surface area (Å²) < 4.78 is 14.1. The van der Waals surface area contributed by atoms with E-state index in [0.717, 1.165) is 5.56 Å². The highest BCUT2D eigenvalue weighted by atomic mass is 19.1. The molecule has 0 saturated heterocycles. The molecule has 0 fully saturated rings. The molecule has 2 aromatic heterocycles. The van der Waals surface area contributed by atoms with Crippen LogP contribution in [0.25, 0.3) is 21.8 Å². The molecule has 1 N–H and O–H groups in total. The van der Waals surface area contributed by atoms with Crippen LogP contribution in [0.5, 0.6) is 0 Å². The van der Waals surface area contributed by atoms with Gasteiger partial charge in [0.05, 0.1) is 23.0 Å². The molecular weight excluding hydrogens is 355 g/mol. The van der Waals surface area contributed by atoms with Crippen molar-refractivity contribution in [3.05, 3.63) is 82.3 Å². The molecule has 0 saturated carbocycles. The van der Waals surface area contributed by atoms with Crippen molar-refractivity contribution in [1.29, 1.82) is 0 Å². The van der Waals surface area contributed by atoms with Gasteiger partial charge in [0, 0.05) is 24.2 Å². The average Bonchev–Trinajstić information content (AvgIpc) is 2.69. The minimum atomic E-state index is -0.275. The first-order valence-electron chi connectivity index (χ1n) is 9.27. The number of benzene rings is 2. The molecule has 0 aliphatic rings. The van der Waals surface area contributed by atoms with Crippen LogP contribution in [0, 0.1) is 5.82 Å². The number of fused-ring (bicyclic) bond motifs is 2. The summed E-state index contributed by atoms with van der Waals surface area (Å²) in [5, 5.41) is 1.09. The van der Waals surface area contributed by atoms with Gasteiger partial charge in [0.15, 0.2) is 0 Å². The number of para-hydroxylation sites is 1. The number of aromatic nitrogens is 3. The predicted molar refractivity (Wildman–Crippen MR) is 108 cm³/mol.